The van der Waals surface area contributed by atoms with E-state index in [0.717, 1.165) is 12.1 Å². The second-order valence-electron chi connectivity index (χ2n) is 3.51. The molecule has 3 heteroatoms. The largest absolute Gasteiger partial charge is 0.325 e. The molecule has 74 valence electrons. The molecule has 0 saturated heterocycles. The number of thioether (sulfide) groups is 1. The number of fused-ring (bicyclic) bond motifs is 1. The number of hydrogen-bond donors (Lipinski definition) is 1. The summed E-state index contributed by atoms with van der Waals surface area (Å²) >= 11 is 1.83. The van der Waals surface area contributed by atoms with Gasteiger partial charge in [-0.3, -0.25) is 4.79 Å². The normalized spacial score (nSPS) is 21.8. The van der Waals surface area contributed by atoms with E-state index in [1.165, 1.54) is 4.90 Å². The Morgan fingerprint density at radius 3 is 3.07 bits per heavy atom. The summed E-state index contributed by atoms with van der Waals surface area (Å²) in [5, 5.41) is 3.44. The minimum Gasteiger partial charge on any atom is -0.325 e. The highest BCUT2D eigenvalue weighted by atomic mass is 32.2. The highest BCUT2D eigenvalue weighted by molar-refractivity contribution is 8.00. The molecule has 1 atom stereocenters. The molecule has 1 aliphatic rings. The first-order valence-corrected chi connectivity index (χ1v) is 5.69. The average Bonchev–Trinajstić information content (AvgIpc) is 2.16. The number of rotatable bonds is 0. The molecule has 1 N–H and O–H groups in total. The van der Waals surface area contributed by atoms with Crippen molar-refractivity contribution in [2.45, 2.75) is 29.9 Å². The van der Waals surface area contributed by atoms with E-state index in [4.69, 9.17) is 0 Å². The lowest BCUT2D eigenvalue weighted by Gasteiger charge is -2.18. The van der Waals surface area contributed by atoms with E-state index < -0.39 is 0 Å². The minimum atomic E-state index is 0.129. The maximum atomic E-state index is 11.4. The fourth-order valence-corrected chi connectivity index (χ4v) is 2.57. The van der Waals surface area contributed by atoms with E-state index >= 15 is 0 Å². The number of benzene rings is 1. The monoisotopic (exact) mass is 207 g/mol. The fourth-order valence-electron chi connectivity index (χ4n) is 1.50. The summed E-state index contributed by atoms with van der Waals surface area (Å²) in [6.07, 6.45) is 1.58. The van der Waals surface area contributed by atoms with Crippen molar-refractivity contribution in [3.8, 4) is 0 Å². The van der Waals surface area contributed by atoms with Gasteiger partial charge in [0.25, 0.3) is 0 Å². The van der Waals surface area contributed by atoms with E-state index in [1.54, 1.807) is 0 Å². The summed E-state index contributed by atoms with van der Waals surface area (Å²) in [7, 11) is 0. The van der Waals surface area contributed by atoms with Gasteiger partial charge < -0.3 is 5.32 Å². The first-order chi connectivity index (χ1) is 6.75. The standard InChI is InChI=1S/C11H13NOS/c1-8-6-7-11(13)12-9-4-2-3-5-10(9)14-8/h2-5,8H,6-7H2,1H3,(H,12,13). The Morgan fingerprint density at radius 1 is 1.43 bits per heavy atom. The number of para-hydroxylation sites is 1. The zero-order valence-corrected chi connectivity index (χ0v) is 8.93. The topological polar surface area (TPSA) is 29.1 Å². The van der Waals surface area contributed by atoms with Crippen molar-refractivity contribution in [1.82, 2.24) is 0 Å². The zero-order chi connectivity index (χ0) is 9.97. The summed E-state index contributed by atoms with van der Waals surface area (Å²) in [5.41, 5.74) is 0.953. The van der Waals surface area contributed by atoms with Gasteiger partial charge in [-0.25, -0.2) is 0 Å². The van der Waals surface area contributed by atoms with Crippen LogP contribution in [0.5, 0.6) is 0 Å². The van der Waals surface area contributed by atoms with Gasteiger partial charge in [0.1, 0.15) is 0 Å². The average molecular weight is 207 g/mol. The lowest BCUT2D eigenvalue weighted by atomic mass is 10.2. The van der Waals surface area contributed by atoms with Crippen LogP contribution in [0.1, 0.15) is 19.8 Å². The first kappa shape index (κ1) is 9.59. The van der Waals surface area contributed by atoms with Gasteiger partial charge in [0.15, 0.2) is 0 Å². The quantitative estimate of drug-likeness (QED) is 0.708. The lowest BCUT2D eigenvalue weighted by molar-refractivity contribution is -0.116. The van der Waals surface area contributed by atoms with Crippen LogP contribution in [-0.4, -0.2) is 11.2 Å². The molecule has 0 bridgehead atoms. The number of anilines is 1. The molecule has 1 aliphatic heterocycles. The van der Waals surface area contributed by atoms with Gasteiger partial charge in [0.05, 0.1) is 5.69 Å². The minimum absolute atomic E-state index is 0.129. The van der Waals surface area contributed by atoms with Gasteiger partial charge in [-0.1, -0.05) is 19.1 Å². The molecule has 2 rings (SSSR count). The number of hydrogen-bond acceptors (Lipinski definition) is 2. The van der Waals surface area contributed by atoms with Gasteiger partial charge >= 0.3 is 0 Å². The third-order valence-electron chi connectivity index (χ3n) is 2.27. The van der Waals surface area contributed by atoms with Crippen molar-refractivity contribution >= 4 is 23.4 Å². The second-order valence-corrected chi connectivity index (χ2v) is 4.99. The molecule has 0 radical (unpaired) electrons. The van der Waals surface area contributed by atoms with Crippen LogP contribution in [0.15, 0.2) is 29.2 Å². The summed E-state index contributed by atoms with van der Waals surface area (Å²) in [6.45, 7) is 2.17. The maximum Gasteiger partial charge on any atom is 0.224 e. The third kappa shape index (κ3) is 2.10. The highest BCUT2D eigenvalue weighted by Gasteiger charge is 2.15. The van der Waals surface area contributed by atoms with Gasteiger partial charge in [-0.15, -0.1) is 11.8 Å². The maximum absolute atomic E-state index is 11.4. The number of amides is 1. The highest BCUT2D eigenvalue weighted by Crippen LogP contribution is 2.33. The SMILES string of the molecule is CC1CCC(=O)Nc2ccccc2S1. The molecular weight excluding hydrogens is 194 g/mol. The van der Waals surface area contributed by atoms with Crippen LogP contribution >= 0.6 is 11.8 Å². The molecule has 1 heterocycles. The number of carbonyl (C=O) groups is 1. The van der Waals surface area contributed by atoms with Gasteiger partial charge in [-0.05, 0) is 18.6 Å². The van der Waals surface area contributed by atoms with E-state index in [0.29, 0.717) is 11.7 Å². The molecule has 0 spiro atoms. The molecular formula is C11H13NOS. The summed E-state index contributed by atoms with van der Waals surface area (Å²) in [5.74, 6) is 0.129. The fraction of sp³-hybridized carbons (Fsp3) is 0.364. The summed E-state index contributed by atoms with van der Waals surface area (Å²) in [6, 6.07) is 7.97. The van der Waals surface area contributed by atoms with Crippen LogP contribution in [-0.2, 0) is 4.79 Å². The van der Waals surface area contributed by atoms with Crippen molar-refractivity contribution in [3.05, 3.63) is 24.3 Å². The number of carbonyl (C=O) groups excluding carboxylic acids is 1. The van der Waals surface area contributed by atoms with Gasteiger partial charge in [0.2, 0.25) is 5.91 Å². The zero-order valence-electron chi connectivity index (χ0n) is 8.12. The lowest BCUT2D eigenvalue weighted by Crippen LogP contribution is -2.16. The van der Waals surface area contributed by atoms with Crippen molar-refractivity contribution in [1.29, 1.82) is 0 Å². The van der Waals surface area contributed by atoms with Crippen molar-refractivity contribution in [2.75, 3.05) is 5.32 Å². The predicted octanol–water partition coefficient (Wildman–Crippen LogP) is 2.90. The molecule has 0 aromatic heterocycles. The number of nitrogens with one attached hydrogen (secondary N) is 1. The van der Waals surface area contributed by atoms with Crippen molar-refractivity contribution in [3.63, 3.8) is 0 Å². The summed E-state index contributed by atoms with van der Waals surface area (Å²) in [4.78, 5) is 12.6. The molecule has 1 unspecified atom stereocenters. The second kappa shape index (κ2) is 4.05. The molecule has 2 nitrogen and oxygen atoms in total. The van der Waals surface area contributed by atoms with Crippen molar-refractivity contribution in [2.24, 2.45) is 0 Å². The summed E-state index contributed by atoms with van der Waals surface area (Å²) < 4.78 is 0. The molecule has 1 amide bonds. The molecule has 14 heavy (non-hydrogen) atoms. The predicted molar refractivity (Wildman–Crippen MR) is 59.6 cm³/mol. The Kier molecular flexibility index (Phi) is 2.77. The molecule has 0 fully saturated rings. The van der Waals surface area contributed by atoms with Gasteiger partial charge in [-0.2, -0.15) is 0 Å². The van der Waals surface area contributed by atoms with Crippen LogP contribution in [0.4, 0.5) is 5.69 Å². The Morgan fingerprint density at radius 2 is 2.21 bits per heavy atom. The van der Waals surface area contributed by atoms with E-state index in [-0.39, 0.29) is 5.91 Å². The van der Waals surface area contributed by atoms with Gasteiger partial charge in [0, 0.05) is 16.6 Å². The van der Waals surface area contributed by atoms with Crippen LogP contribution in [0.25, 0.3) is 0 Å². The Hall–Kier alpha value is -0.960. The van der Waals surface area contributed by atoms with Crippen LogP contribution in [0.3, 0.4) is 0 Å². The Balaban J connectivity index is 2.32. The van der Waals surface area contributed by atoms with E-state index in [2.05, 4.69) is 18.3 Å². The third-order valence-corrected chi connectivity index (χ3v) is 3.52. The van der Waals surface area contributed by atoms with Crippen LogP contribution in [0.2, 0.25) is 0 Å². The molecule has 0 aliphatic carbocycles. The first-order valence-electron chi connectivity index (χ1n) is 4.81. The van der Waals surface area contributed by atoms with Crippen LogP contribution < -0.4 is 5.32 Å². The molecule has 1 aromatic rings. The molecule has 1 aromatic carbocycles. The Bertz CT molecular complexity index is 351. The molecule has 0 saturated carbocycles. The van der Waals surface area contributed by atoms with Crippen LogP contribution in [0, 0.1) is 0 Å². The van der Waals surface area contributed by atoms with Crippen molar-refractivity contribution < 1.29 is 4.79 Å². The van der Waals surface area contributed by atoms with E-state index in [9.17, 15) is 4.79 Å². The smallest absolute Gasteiger partial charge is 0.224 e. The van der Waals surface area contributed by atoms with E-state index in [1.807, 2.05) is 30.0 Å². The Labute approximate surface area is 88.1 Å².